The second-order valence-corrected chi connectivity index (χ2v) is 8.23. The van der Waals surface area contributed by atoms with Crippen molar-refractivity contribution in [2.45, 2.75) is 57.1 Å². The summed E-state index contributed by atoms with van der Waals surface area (Å²) in [7, 11) is 3.33. The van der Waals surface area contributed by atoms with Gasteiger partial charge in [0.2, 0.25) is 0 Å². The molecule has 1 aliphatic carbocycles. The van der Waals surface area contributed by atoms with Gasteiger partial charge in [-0.2, -0.15) is 0 Å². The molecule has 3 rings (SSSR count). The lowest BCUT2D eigenvalue weighted by Gasteiger charge is -2.50. The number of benzene rings is 1. The van der Waals surface area contributed by atoms with Crippen LogP contribution in [-0.4, -0.2) is 50.5 Å². The Hall–Kier alpha value is -1.79. The van der Waals surface area contributed by atoms with Crippen LogP contribution in [0.3, 0.4) is 0 Å². The fourth-order valence-electron chi connectivity index (χ4n) is 5.10. The molecule has 1 unspecified atom stereocenters. The van der Waals surface area contributed by atoms with Crippen molar-refractivity contribution in [3.05, 3.63) is 23.8 Å². The van der Waals surface area contributed by atoms with Crippen LogP contribution in [0.4, 0.5) is 0 Å². The third-order valence-corrected chi connectivity index (χ3v) is 6.52. The zero-order chi connectivity index (χ0) is 20.1. The number of carbonyl (C=O) groups excluding carboxylic acids is 1. The summed E-state index contributed by atoms with van der Waals surface area (Å²) in [6.07, 6.45) is 5.68. The quantitative estimate of drug-likeness (QED) is 0.658. The summed E-state index contributed by atoms with van der Waals surface area (Å²) in [6, 6.07) is 5.86. The number of aliphatic hydroxyl groups is 1. The molecule has 2 aliphatic rings. The first kappa shape index (κ1) is 20.9. The number of ether oxygens (including phenoxy) is 2. The van der Waals surface area contributed by atoms with Crippen molar-refractivity contribution in [2.24, 2.45) is 5.92 Å². The topological polar surface area (TPSA) is 72.2 Å². The number of methoxy groups -OCH3 is 2. The van der Waals surface area contributed by atoms with Crippen molar-refractivity contribution >= 4 is 5.91 Å². The molecule has 6 heteroatoms. The van der Waals surface area contributed by atoms with Crippen LogP contribution < -0.4 is 19.7 Å². The molecule has 3 N–H and O–H groups in total. The van der Waals surface area contributed by atoms with E-state index in [9.17, 15) is 9.90 Å². The Morgan fingerprint density at radius 3 is 2.82 bits per heavy atom. The van der Waals surface area contributed by atoms with Gasteiger partial charge in [-0.25, -0.2) is 0 Å². The molecule has 0 radical (unpaired) electrons. The van der Waals surface area contributed by atoms with Gasteiger partial charge in [0.15, 0.2) is 6.54 Å². The van der Waals surface area contributed by atoms with Gasteiger partial charge in [-0.3, -0.25) is 4.79 Å². The molecule has 1 aromatic rings. The summed E-state index contributed by atoms with van der Waals surface area (Å²) in [5, 5.41) is 14.4. The first-order valence-electron chi connectivity index (χ1n) is 10.6. The van der Waals surface area contributed by atoms with Gasteiger partial charge in [0.1, 0.15) is 17.5 Å². The Kier molecular flexibility index (Phi) is 6.83. The summed E-state index contributed by atoms with van der Waals surface area (Å²) < 4.78 is 11.1. The Morgan fingerprint density at radius 2 is 2.11 bits per heavy atom. The molecular weight excluding hydrogens is 356 g/mol. The molecule has 1 saturated carbocycles. The largest absolute Gasteiger partial charge is 0.497 e. The highest BCUT2D eigenvalue weighted by molar-refractivity contribution is 5.76. The monoisotopic (exact) mass is 391 g/mol. The molecule has 28 heavy (non-hydrogen) atoms. The number of likely N-dealkylation sites (tertiary alicyclic amines) is 1. The summed E-state index contributed by atoms with van der Waals surface area (Å²) >= 11 is 0. The summed E-state index contributed by atoms with van der Waals surface area (Å²) in [5.74, 6) is 1.76. The Morgan fingerprint density at radius 1 is 1.29 bits per heavy atom. The van der Waals surface area contributed by atoms with Crippen LogP contribution >= 0.6 is 0 Å². The van der Waals surface area contributed by atoms with E-state index in [0.717, 1.165) is 62.1 Å². The number of nitrogens with one attached hydrogen (secondary N) is 2. The minimum absolute atomic E-state index is 0.0106. The van der Waals surface area contributed by atoms with Crippen LogP contribution in [0.15, 0.2) is 18.2 Å². The van der Waals surface area contributed by atoms with E-state index in [1.54, 1.807) is 14.2 Å². The van der Waals surface area contributed by atoms with Crippen molar-refractivity contribution in [1.29, 1.82) is 0 Å². The molecule has 6 nitrogen and oxygen atoms in total. The highest BCUT2D eigenvalue weighted by atomic mass is 16.5. The summed E-state index contributed by atoms with van der Waals surface area (Å²) in [6.45, 7) is 3.95. The lowest BCUT2D eigenvalue weighted by molar-refractivity contribution is -0.937. The van der Waals surface area contributed by atoms with Gasteiger partial charge >= 0.3 is 0 Å². The molecule has 1 saturated heterocycles. The summed E-state index contributed by atoms with van der Waals surface area (Å²) in [4.78, 5) is 13.7. The van der Waals surface area contributed by atoms with Crippen molar-refractivity contribution < 1.29 is 24.3 Å². The fraction of sp³-hybridized carbons (Fsp3) is 0.682. The molecular formula is C22H35N2O4+. The van der Waals surface area contributed by atoms with Gasteiger partial charge in [0.05, 0.1) is 31.9 Å². The van der Waals surface area contributed by atoms with Gasteiger partial charge < -0.3 is 24.8 Å². The van der Waals surface area contributed by atoms with Gasteiger partial charge in [0.25, 0.3) is 5.91 Å². The first-order chi connectivity index (χ1) is 13.5. The Balaban J connectivity index is 1.97. The molecule has 1 amide bonds. The maximum Gasteiger partial charge on any atom is 0.275 e. The first-order valence-corrected chi connectivity index (χ1v) is 10.6. The third kappa shape index (κ3) is 4.28. The van der Waals surface area contributed by atoms with Crippen LogP contribution in [-0.2, 0) is 4.79 Å². The fourth-order valence-corrected chi connectivity index (χ4v) is 5.10. The maximum absolute atomic E-state index is 12.5. The van der Waals surface area contributed by atoms with Crippen LogP contribution in [0.25, 0.3) is 0 Å². The maximum atomic E-state index is 12.5. The van der Waals surface area contributed by atoms with E-state index < -0.39 is 5.60 Å². The van der Waals surface area contributed by atoms with E-state index in [4.69, 9.17) is 9.47 Å². The number of fused-ring (bicyclic) bond motifs is 1. The average molecular weight is 392 g/mol. The molecule has 0 bridgehead atoms. The average Bonchev–Trinajstić information content (AvgIpc) is 2.71. The zero-order valence-corrected chi connectivity index (χ0v) is 17.4. The van der Waals surface area contributed by atoms with Gasteiger partial charge in [-0.15, -0.1) is 0 Å². The van der Waals surface area contributed by atoms with Crippen molar-refractivity contribution in [2.75, 3.05) is 33.9 Å². The smallest absolute Gasteiger partial charge is 0.275 e. The molecule has 1 heterocycles. The van der Waals surface area contributed by atoms with E-state index in [2.05, 4.69) is 12.2 Å². The number of amides is 1. The molecule has 4 atom stereocenters. The molecule has 1 aromatic carbocycles. The van der Waals surface area contributed by atoms with E-state index in [1.807, 2.05) is 18.2 Å². The highest BCUT2D eigenvalue weighted by Crippen LogP contribution is 2.46. The minimum atomic E-state index is -0.652. The van der Waals surface area contributed by atoms with E-state index >= 15 is 0 Å². The second kappa shape index (κ2) is 9.14. The highest BCUT2D eigenvalue weighted by Gasteiger charge is 2.52. The third-order valence-electron chi connectivity index (χ3n) is 6.52. The lowest BCUT2D eigenvalue weighted by Crippen LogP contribution is -3.16. The number of rotatable bonds is 7. The van der Waals surface area contributed by atoms with Crippen molar-refractivity contribution in [3.63, 3.8) is 0 Å². The van der Waals surface area contributed by atoms with Crippen LogP contribution in [0, 0.1) is 5.92 Å². The van der Waals surface area contributed by atoms with Gasteiger partial charge in [-0.05, 0) is 37.5 Å². The minimum Gasteiger partial charge on any atom is -0.497 e. The Bertz CT molecular complexity index is 681. The number of quaternary nitrogens is 1. The zero-order valence-electron chi connectivity index (χ0n) is 17.4. The normalized spacial score (nSPS) is 29.6. The Labute approximate surface area is 168 Å². The molecule has 2 fully saturated rings. The van der Waals surface area contributed by atoms with Crippen molar-refractivity contribution in [1.82, 2.24) is 5.32 Å². The van der Waals surface area contributed by atoms with Crippen molar-refractivity contribution in [3.8, 4) is 11.5 Å². The second-order valence-electron chi connectivity index (χ2n) is 8.23. The number of hydrogen-bond donors (Lipinski definition) is 3. The van der Waals surface area contributed by atoms with E-state index in [0.29, 0.717) is 13.1 Å². The molecule has 1 aliphatic heterocycles. The van der Waals surface area contributed by atoms with E-state index in [1.165, 1.54) is 4.90 Å². The number of piperidine rings is 1. The van der Waals surface area contributed by atoms with Gasteiger partial charge in [0, 0.05) is 18.9 Å². The van der Waals surface area contributed by atoms with Crippen LogP contribution in [0.5, 0.6) is 11.5 Å². The predicted octanol–water partition coefficient (Wildman–Crippen LogP) is 1.48. The number of carbonyl (C=O) groups is 1. The summed E-state index contributed by atoms with van der Waals surface area (Å²) in [5.41, 5.74) is 0.380. The van der Waals surface area contributed by atoms with E-state index in [-0.39, 0.29) is 17.9 Å². The SMILES string of the molecule is CCCNC(=O)C[NH+]1CC[C@]2(O)CCCC[C@@H]2[C@H]1c1cc(OC)ccc1OC. The van der Waals surface area contributed by atoms with Crippen LogP contribution in [0.2, 0.25) is 0 Å². The molecule has 0 spiro atoms. The van der Waals surface area contributed by atoms with Gasteiger partial charge in [-0.1, -0.05) is 19.8 Å². The molecule has 0 aromatic heterocycles. The lowest BCUT2D eigenvalue weighted by atomic mass is 9.66. The number of hydrogen-bond acceptors (Lipinski definition) is 4. The predicted molar refractivity (Wildman–Crippen MR) is 108 cm³/mol. The molecule has 156 valence electrons. The van der Waals surface area contributed by atoms with Crippen LogP contribution in [0.1, 0.15) is 57.1 Å². The standard InChI is InChI=1S/C22H34N2O4/c1-4-12-23-20(25)15-24-13-11-22(26)10-6-5-7-18(22)21(24)17-14-16(27-2)8-9-19(17)28-3/h8-9,14,18,21,26H,4-7,10-13,15H2,1-3H3,(H,23,25)/p+1/t18-,21-,22-/m1/s1.